The predicted octanol–water partition coefficient (Wildman–Crippen LogP) is 9.05. The van der Waals surface area contributed by atoms with Gasteiger partial charge >= 0.3 is 0 Å². The molecule has 3 N–H and O–H groups in total. The van der Waals surface area contributed by atoms with Gasteiger partial charge in [-0.25, -0.2) is 0 Å². The molecule has 3 atom stereocenters. The van der Waals surface area contributed by atoms with Gasteiger partial charge in [0.1, 0.15) is 40.0 Å². The molecular formula is C53H53Br2FN12O6. The van der Waals surface area contributed by atoms with Gasteiger partial charge in [-0.1, -0.05) is 68.2 Å². The summed E-state index contributed by atoms with van der Waals surface area (Å²) in [6.07, 6.45) is 9.48. The molecule has 0 bridgehead atoms. The van der Waals surface area contributed by atoms with Gasteiger partial charge in [0.25, 0.3) is 17.5 Å². The number of halogens is 3. The fourth-order valence-electron chi connectivity index (χ4n) is 7.37. The summed E-state index contributed by atoms with van der Waals surface area (Å²) < 4.78 is 18.4. The Morgan fingerprint density at radius 2 is 0.932 bits per heavy atom. The molecule has 0 saturated carbocycles. The summed E-state index contributed by atoms with van der Waals surface area (Å²) in [5.74, 6) is -0.862. The van der Waals surface area contributed by atoms with E-state index in [9.17, 15) is 34.1 Å². The van der Waals surface area contributed by atoms with Crippen molar-refractivity contribution in [3.63, 3.8) is 0 Å². The van der Waals surface area contributed by atoms with Gasteiger partial charge in [0.2, 0.25) is 5.95 Å². The van der Waals surface area contributed by atoms with Crippen molar-refractivity contribution in [3.8, 4) is 11.3 Å². The highest BCUT2D eigenvalue weighted by molar-refractivity contribution is 9.10. The maximum absolute atomic E-state index is 13.2. The largest absolute Gasteiger partial charge is 0.380 e. The molecule has 0 aliphatic carbocycles. The van der Waals surface area contributed by atoms with E-state index in [4.69, 9.17) is 19.7 Å². The summed E-state index contributed by atoms with van der Waals surface area (Å²) in [6, 6.07) is 15.0. The molecule has 7 rings (SSSR count). The summed E-state index contributed by atoms with van der Waals surface area (Å²) >= 11 is 6.28. The minimum Gasteiger partial charge on any atom is -0.380 e. The van der Waals surface area contributed by atoms with Crippen LogP contribution in [-0.2, 0) is 53.3 Å². The van der Waals surface area contributed by atoms with Crippen LogP contribution in [-0.4, -0.2) is 93.8 Å². The van der Waals surface area contributed by atoms with Crippen LogP contribution in [0.25, 0.3) is 25.8 Å². The van der Waals surface area contributed by atoms with Crippen LogP contribution in [0.3, 0.4) is 0 Å². The van der Waals surface area contributed by atoms with E-state index in [1.165, 1.54) is 50.2 Å². The van der Waals surface area contributed by atoms with Crippen LogP contribution in [0.2, 0.25) is 0 Å². The van der Waals surface area contributed by atoms with E-state index in [2.05, 4.69) is 76.6 Å². The van der Waals surface area contributed by atoms with Gasteiger partial charge in [-0.15, -0.1) is 20.1 Å². The van der Waals surface area contributed by atoms with Crippen LogP contribution in [0.1, 0.15) is 65.3 Å². The maximum atomic E-state index is 13.2. The summed E-state index contributed by atoms with van der Waals surface area (Å²) in [7, 11) is 0. The van der Waals surface area contributed by atoms with E-state index in [0.717, 1.165) is 33.5 Å². The molecule has 0 spiro atoms. The second-order valence-electron chi connectivity index (χ2n) is 18.4. The maximum Gasteiger partial charge on any atom is 0.272 e. The lowest BCUT2D eigenvalue weighted by molar-refractivity contribution is -0.136. The Hall–Kier alpha value is -7.45. The number of carbonyl (C=O) groups is 3. The number of carbonyl (C=O) groups excluding carboxylic acids is 3. The molecule has 18 nitrogen and oxygen atoms in total. The van der Waals surface area contributed by atoms with E-state index < -0.39 is 28.5 Å². The van der Waals surface area contributed by atoms with Gasteiger partial charge in [0.05, 0.1) is 29.8 Å². The molecule has 0 unspecified atom stereocenters. The molecule has 0 aliphatic heterocycles. The second kappa shape index (κ2) is 24.5. The van der Waals surface area contributed by atoms with E-state index in [1.54, 1.807) is 54.5 Å². The van der Waals surface area contributed by atoms with Crippen molar-refractivity contribution >= 4 is 66.7 Å². The van der Waals surface area contributed by atoms with Crippen LogP contribution in [0, 0.1) is 60.3 Å². The van der Waals surface area contributed by atoms with E-state index in [-0.39, 0.29) is 60.8 Å². The zero-order valence-electron chi connectivity index (χ0n) is 41.9. The average molecular weight is 1130 g/mol. The smallest absolute Gasteiger partial charge is 0.272 e. The number of Topliss-reactive ketones (excluding diaryl/α,β-unsaturated/α-hetero) is 3. The number of benzene rings is 1. The van der Waals surface area contributed by atoms with Crippen molar-refractivity contribution in [3.05, 3.63) is 179 Å². The third-order valence-electron chi connectivity index (χ3n) is 11.5. The van der Waals surface area contributed by atoms with E-state index in [0.29, 0.717) is 38.5 Å². The van der Waals surface area contributed by atoms with E-state index in [1.807, 2.05) is 50.4 Å². The van der Waals surface area contributed by atoms with Crippen LogP contribution in [0.5, 0.6) is 0 Å². The predicted molar refractivity (Wildman–Crippen MR) is 281 cm³/mol. The van der Waals surface area contributed by atoms with Gasteiger partial charge in [-0.05, 0) is 110 Å². The van der Waals surface area contributed by atoms with Crippen molar-refractivity contribution in [2.75, 3.05) is 0 Å². The van der Waals surface area contributed by atoms with E-state index >= 15 is 0 Å². The van der Waals surface area contributed by atoms with Crippen molar-refractivity contribution in [1.29, 1.82) is 0 Å². The monoisotopic (exact) mass is 1130 g/mol. The highest BCUT2D eigenvalue weighted by Gasteiger charge is 2.34. The molecule has 6 aromatic heterocycles. The first-order chi connectivity index (χ1) is 34.7. The highest BCUT2D eigenvalue weighted by Crippen LogP contribution is 2.25. The number of aryl methyl sites for hydroxylation is 5. The summed E-state index contributed by atoms with van der Waals surface area (Å²) in [6.45, 7) is 34.4. The van der Waals surface area contributed by atoms with Crippen LogP contribution >= 0.6 is 31.9 Å². The molecule has 1 aromatic carbocycles. The fourth-order valence-corrected chi connectivity index (χ4v) is 7.99. The van der Waals surface area contributed by atoms with Gasteiger partial charge in [0, 0.05) is 65.7 Å². The van der Waals surface area contributed by atoms with Crippen LogP contribution < -0.4 is 0 Å². The van der Waals surface area contributed by atoms with Gasteiger partial charge in [-0.3, -0.25) is 28.4 Å². The lowest BCUT2D eigenvalue weighted by Gasteiger charge is -2.21. The van der Waals surface area contributed by atoms with Crippen molar-refractivity contribution in [1.82, 2.24) is 44.3 Å². The number of aromatic nitrogens is 9. The van der Waals surface area contributed by atoms with Crippen molar-refractivity contribution in [2.24, 2.45) is 0 Å². The number of nitrogens with zero attached hydrogens (tertiary/aromatic N) is 12. The number of ketones is 3. The molecule has 0 saturated heterocycles. The molecule has 21 heteroatoms. The Labute approximate surface area is 444 Å². The standard InChI is InChI=1S/C22H22N4O2.C16H17BrN4O2.C15H14BrFN4O2/c1-15-10-17(12-24-21(15)23-4)11-19(27)22(3,28)14-26-13-16(2)20(25-26)18-8-6-5-7-9-18;1-10-5-12(7-19-15(10)18-4)6-13(22)16(3,23)9-21-8-11(2)14(17)20-21;1-9-4-10(6-19-14(9)18-3)5-12(22)15(2,23)8-21-7-11(16)13(17)20-21/h5-10,12-13,28H,11,14H2,1-3H3;5,7-8,23H,6,9H2,1-3H3;4,6-7,23H,5,8H2,1-2H3/t22-;16-;15-/m000/s1. The quantitative estimate of drug-likeness (QED) is 0.0773. The second-order valence-corrected chi connectivity index (χ2v) is 20.0. The van der Waals surface area contributed by atoms with Crippen LogP contribution in [0.15, 0.2) is 94.8 Å². The lowest BCUT2D eigenvalue weighted by atomic mass is 9.95. The highest BCUT2D eigenvalue weighted by atomic mass is 79.9. The van der Waals surface area contributed by atoms with Gasteiger partial charge in [0.15, 0.2) is 17.3 Å². The first kappa shape index (κ1) is 57.5. The van der Waals surface area contributed by atoms with Crippen molar-refractivity contribution < 1.29 is 34.1 Å². The number of hydrogen-bond donors (Lipinski definition) is 3. The normalized spacial score (nSPS) is 13.2. The third kappa shape index (κ3) is 15.3. The molecular weight excluding hydrogens is 1080 g/mol. The molecule has 0 amide bonds. The van der Waals surface area contributed by atoms with Crippen molar-refractivity contribution in [2.45, 2.75) is 111 Å². The average Bonchev–Trinajstić information content (AvgIpc) is 3.97. The molecule has 0 aliphatic rings. The zero-order chi connectivity index (χ0) is 54.7. The first-order valence-electron chi connectivity index (χ1n) is 22.7. The Balaban J connectivity index is 0.000000207. The zero-order valence-corrected chi connectivity index (χ0v) is 45.1. The van der Waals surface area contributed by atoms with Gasteiger partial charge in [-0.2, -0.15) is 14.6 Å². The minimum atomic E-state index is -1.70. The Kier molecular flexibility index (Phi) is 19.0. The SMILES string of the molecule is [C-]#[N+]c1ncc(CC(=O)[C@@](C)(O)Cn2cc(Br)c(F)n2)cc1C.[C-]#[N+]c1ncc(CC(=O)[C@@](C)(O)Cn2cc(C)c(-c3ccccc3)n2)cc1C.[C-]#[N+]c1ncc(CC(=O)[C@@](C)(O)Cn2cc(C)c(Br)n2)cc1C. The van der Waals surface area contributed by atoms with Crippen LogP contribution in [0.4, 0.5) is 21.8 Å². The molecule has 0 fully saturated rings. The third-order valence-corrected chi connectivity index (χ3v) is 12.8. The fraction of sp³-hybridized carbons (Fsp3) is 0.321. The summed E-state index contributed by atoms with van der Waals surface area (Å²) in [4.78, 5) is 59.3. The number of rotatable bonds is 16. The Bertz CT molecular complexity index is 3150. The number of aliphatic hydroxyl groups is 3. The Morgan fingerprint density at radius 1 is 0.568 bits per heavy atom. The summed E-state index contributed by atoms with van der Waals surface area (Å²) in [5, 5.41) is 43.9. The first-order valence-corrected chi connectivity index (χ1v) is 24.3. The molecule has 6 heterocycles. The minimum absolute atomic E-state index is 0.0377. The lowest BCUT2D eigenvalue weighted by Crippen LogP contribution is -2.41. The number of pyridine rings is 3. The van der Waals surface area contributed by atoms with Gasteiger partial charge < -0.3 is 29.9 Å². The Morgan fingerprint density at radius 3 is 1.26 bits per heavy atom. The molecule has 0 radical (unpaired) electrons. The molecule has 74 heavy (non-hydrogen) atoms. The topological polar surface area (TPSA) is 217 Å². The summed E-state index contributed by atoms with van der Waals surface area (Å²) in [5.41, 5.74) is 2.99. The molecule has 7 aromatic rings. The molecule has 382 valence electrons. The number of hydrogen-bond acceptors (Lipinski definition) is 12.